The summed E-state index contributed by atoms with van der Waals surface area (Å²) in [6.07, 6.45) is 2.98. The van der Waals surface area contributed by atoms with E-state index in [9.17, 15) is 9.18 Å². The molecule has 2 aromatic rings. The number of benzene rings is 1. The summed E-state index contributed by atoms with van der Waals surface area (Å²) in [6.45, 7) is 2.00. The van der Waals surface area contributed by atoms with Gasteiger partial charge in [0.25, 0.3) is 0 Å². The summed E-state index contributed by atoms with van der Waals surface area (Å²) in [5.74, 6) is -0.255. The number of amides is 1. The Bertz CT molecular complexity index is 632. The summed E-state index contributed by atoms with van der Waals surface area (Å²) >= 11 is 0. The highest BCUT2D eigenvalue weighted by Gasteiger charge is 2.38. The van der Waals surface area contributed by atoms with Crippen LogP contribution in [0.1, 0.15) is 13.3 Å². The average molecular weight is 286 g/mol. The lowest BCUT2D eigenvalue weighted by molar-refractivity contribution is -0.117. The van der Waals surface area contributed by atoms with Crippen LogP contribution in [0.5, 0.6) is 0 Å². The van der Waals surface area contributed by atoms with Gasteiger partial charge in [-0.15, -0.1) is 0 Å². The molecule has 3 rings (SSSR count). The van der Waals surface area contributed by atoms with Gasteiger partial charge in [0, 0.05) is 11.7 Å². The molecule has 0 spiro atoms. The van der Waals surface area contributed by atoms with E-state index in [2.05, 4.69) is 15.3 Å². The van der Waals surface area contributed by atoms with E-state index in [-0.39, 0.29) is 18.0 Å². The summed E-state index contributed by atoms with van der Waals surface area (Å²) in [5, 5.41) is 3.02. The van der Waals surface area contributed by atoms with E-state index in [0.29, 0.717) is 12.2 Å². The van der Waals surface area contributed by atoms with Gasteiger partial charge in [-0.3, -0.25) is 4.79 Å². The first-order valence-electron chi connectivity index (χ1n) is 6.77. The lowest BCUT2D eigenvalue weighted by atomic mass is 10.2. The zero-order valence-corrected chi connectivity index (χ0v) is 11.5. The van der Waals surface area contributed by atoms with Gasteiger partial charge in [-0.25, -0.2) is 9.97 Å². The first kappa shape index (κ1) is 13.5. The van der Waals surface area contributed by atoms with Gasteiger partial charge in [0.05, 0.1) is 12.4 Å². The normalized spacial score (nSPS) is 21.6. The van der Waals surface area contributed by atoms with Crippen LogP contribution >= 0.6 is 0 Å². The summed E-state index contributed by atoms with van der Waals surface area (Å²) < 4.78 is 12.7. The molecule has 1 aromatic carbocycles. The number of nitrogens with one attached hydrogen (secondary N) is 1. The highest BCUT2D eigenvalue weighted by Crippen LogP contribution is 2.27. The lowest BCUT2D eigenvalue weighted by Crippen LogP contribution is -2.35. The van der Waals surface area contributed by atoms with Crippen molar-refractivity contribution in [1.29, 1.82) is 0 Å². The van der Waals surface area contributed by atoms with Gasteiger partial charge >= 0.3 is 0 Å². The summed E-state index contributed by atoms with van der Waals surface area (Å²) in [6, 6.07) is 9.26. The van der Waals surface area contributed by atoms with Gasteiger partial charge in [-0.1, -0.05) is 18.2 Å². The number of carbonyl (C=O) groups is 1. The van der Waals surface area contributed by atoms with Crippen LogP contribution in [0.3, 0.4) is 0 Å². The number of aromatic nitrogens is 2. The molecule has 2 unspecified atom stereocenters. The topological polar surface area (TPSA) is 58.1 Å². The third-order valence-corrected chi connectivity index (χ3v) is 3.53. The van der Waals surface area contributed by atoms with Crippen molar-refractivity contribution < 1.29 is 9.18 Å². The second kappa shape index (κ2) is 5.47. The van der Waals surface area contributed by atoms with Crippen LogP contribution in [0.4, 0.5) is 15.9 Å². The second-order valence-corrected chi connectivity index (χ2v) is 5.05. The highest BCUT2D eigenvalue weighted by molar-refractivity contribution is 6.01. The van der Waals surface area contributed by atoms with E-state index >= 15 is 0 Å². The predicted octanol–water partition coefficient (Wildman–Crippen LogP) is 2.22. The molecule has 1 aliphatic rings. The van der Waals surface area contributed by atoms with Crippen LogP contribution in [0, 0.1) is 5.95 Å². The molecular weight excluding hydrogens is 271 g/mol. The second-order valence-electron chi connectivity index (χ2n) is 5.05. The van der Waals surface area contributed by atoms with Gasteiger partial charge in [-0.05, 0) is 25.5 Å². The van der Waals surface area contributed by atoms with Crippen LogP contribution in [-0.4, -0.2) is 28.0 Å². The van der Waals surface area contributed by atoms with Crippen molar-refractivity contribution in [3.63, 3.8) is 0 Å². The standard InChI is InChI=1S/C15H15FN4O/c1-10-7-12(19-14-9-17-13(16)8-18-14)15(21)20(10)11-5-3-2-4-6-11/h2-6,8-10,12H,7H2,1H3,(H,18,19). The molecule has 1 amide bonds. The van der Waals surface area contributed by atoms with Crippen molar-refractivity contribution in [2.45, 2.75) is 25.4 Å². The fourth-order valence-corrected chi connectivity index (χ4v) is 2.59. The molecule has 0 bridgehead atoms. The van der Waals surface area contributed by atoms with Crippen molar-refractivity contribution in [1.82, 2.24) is 9.97 Å². The van der Waals surface area contributed by atoms with Crippen molar-refractivity contribution in [2.75, 3.05) is 10.2 Å². The molecule has 21 heavy (non-hydrogen) atoms. The summed E-state index contributed by atoms with van der Waals surface area (Å²) in [4.78, 5) is 21.7. The van der Waals surface area contributed by atoms with Gasteiger partial charge in [0.15, 0.2) is 0 Å². The van der Waals surface area contributed by atoms with E-state index in [1.165, 1.54) is 6.20 Å². The van der Waals surface area contributed by atoms with E-state index in [1.807, 2.05) is 37.3 Å². The fraction of sp³-hybridized carbons (Fsp3) is 0.267. The highest BCUT2D eigenvalue weighted by atomic mass is 19.1. The molecule has 2 atom stereocenters. The SMILES string of the molecule is CC1CC(Nc2cnc(F)cn2)C(=O)N1c1ccccc1. The Morgan fingerprint density at radius 2 is 2.00 bits per heavy atom. The molecule has 0 aliphatic carbocycles. The Kier molecular flexibility index (Phi) is 3.51. The molecule has 5 nitrogen and oxygen atoms in total. The van der Waals surface area contributed by atoms with Crippen LogP contribution in [0.15, 0.2) is 42.7 Å². The molecule has 6 heteroatoms. The molecule has 1 N–H and O–H groups in total. The monoisotopic (exact) mass is 286 g/mol. The van der Waals surface area contributed by atoms with Crippen LogP contribution < -0.4 is 10.2 Å². The number of hydrogen-bond donors (Lipinski definition) is 1. The molecule has 1 saturated heterocycles. The largest absolute Gasteiger partial charge is 0.357 e. The minimum Gasteiger partial charge on any atom is -0.357 e. The Morgan fingerprint density at radius 3 is 2.67 bits per heavy atom. The van der Waals surface area contributed by atoms with Crippen molar-refractivity contribution in [3.05, 3.63) is 48.7 Å². The number of nitrogens with zero attached hydrogens (tertiary/aromatic N) is 3. The molecule has 0 saturated carbocycles. The van der Waals surface area contributed by atoms with Crippen LogP contribution in [0.25, 0.3) is 0 Å². The van der Waals surface area contributed by atoms with Gasteiger partial charge in [0.1, 0.15) is 11.9 Å². The zero-order valence-electron chi connectivity index (χ0n) is 11.5. The third-order valence-electron chi connectivity index (χ3n) is 3.53. The Balaban J connectivity index is 1.77. The molecular formula is C15H15FN4O. The first-order chi connectivity index (χ1) is 10.1. The number of rotatable bonds is 3. The number of halogens is 1. The predicted molar refractivity (Wildman–Crippen MR) is 77.4 cm³/mol. The van der Waals surface area contributed by atoms with Gasteiger partial charge in [-0.2, -0.15) is 4.39 Å². The Morgan fingerprint density at radius 1 is 1.24 bits per heavy atom. The van der Waals surface area contributed by atoms with Crippen molar-refractivity contribution in [2.24, 2.45) is 0 Å². The van der Waals surface area contributed by atoms with Crippen LogP contribution in [-0.2, 0) is 4.79 Å². The number of carbonyl (C=O) groups excluding carboxylic acids is 1. The molecule has 1 fully saturated rings. The van der Waals surface area contributed by atoms with E-state index in [0.717, 1.165) is 11.9 Å². The van der Waals surface area contributed by atoms with Gasteiger partial charge in [0.2, 0.25) is 11.9 Å². The average Bonchev–Trinajstić information content (AvgIpc) is 2.77. The molecule has 0 radical (unpaired) electrons. The number of hydrogen-bond acceptors (Lipinski definition) is 4. The fourth-order valence-electron chi connectivity index (χ4n) is 2.59. The minimum absolute atomic E-state index is 0.0141. The number of para-hydroxylation sites is 1. The minimum atomic E-state index is -0.641. The van der Waals surface area contributed by atoms with E-state index in [4.69, 9.17) is 0 Å². The maximum Gasteiger partial charge on any atom is 0.249 e. The number of anilines is 2. The maximum absolute atomic E-state index is 12.7. The summed E-state index contributed by atoms with van der Waals surface area (Å²) in [5.41, 5.74) is 0.879. The molecule has 2 heterocycles. The van der Waals surface area contributed by atoms with E-state index in [1.54, 1.807) is 4.90 Å². The first-order valence-corrected chi connectivity index (χ1v) is 6.77. The maximum atomic E-state index is 12.7. The van der Waals surface area contributed by atoms with E-state index < -0.39 is 5.95 Å². The Hall–Kier alpha value is -2.50. The van der Waals surface area contributed by atoms with Crippen molar-refractivity contribution >= 4 is 17.4 Å². The molecule has 108 valence electrons. The smallest absolute Gasteiger partial charge is 0.249 e. The van der Waals surface area contributed by atoms with Crippen LogP contribution in [0.2, 0.25) is 0 Å². The van der Waals surface area contributed by atoms with Crippen molar-refractivity contribution in [3.8, 4) is 0 Å². The Labute approximate surface area is 121 Å². The molecule has 1 aliphatic heterocycles. The third kappa shape index (κ3) is 2.69. The summed E-state index contributed by atoms with van der Waals surface area (Å²) in [7, 11) is 0. The lowest BCUT2D eigenvalue weighted by Gasteiger charge is -2.21. The van der Waals surface area contributed by atoms with Gasteiger partial charge < -0.3 is 10.2 Å². The molecule has 1 aromatic heterocycles. The quantitative estimate of drug-likeness (QED) is 0.940. The zero-order chi connectivity index (χ0) is 14.8.